The van der Waals surface area contributed by atoms with Crippen molar-refractivity contribution in [2.24, 2.45) is 0 Å². The molecular formula is C12H13FN2O. The molecule has 16 heavy (non-hydrogen) atoms. The van der Waals surface area contributed by atoms with Gasteiger partial charge >= 0.3 is 0 Å². The van der Waals surface area contributed by atoms with Crippen LogP contribution in [0, 0.1) is 17.1 Å². The molecule has 0 amide bonds. The van der Waals surface area contributed by atoms with Gasteiger partial charge in [0.15, 0.2) is 0 Å². The Morgan fingerprint density at radius 1 is 1.50 bits per heavy atom. The first-order chi connectivity index (χ1) is 7.70. The first-order valence-electron chi connectivity index (χ1n) is 5.26. The van der Waals surface area contributed by atoms with Gasteiger partial charge in [-0.1, -0.05) is 0 Å². The molecule has 0 aromatic heterocycles. The topological polar surface area (TPSA) is 36.3 Å². The van der Waals surface area contributed by atoms with Crippen LogP contribution in [0.3, 0.4) is 0 Å². The third kappa shape index (κ3) is 2.15. The van der Waals surface area contributed by atoms with Crippen LogP contribution in [0.4, 0.5) is 10.1 Å². The molecule has 0 radical (unpaired) electrons. The SMILES string of the molecule is CC1COCCN1c1cc(F)cc(C#N)c1. The minimum Gasteiger partial charge on any atom is -0.377 e. The van der Waals surface area contributed by atoms with Gasteiger partial charge in [0.1, 0.15) is 5.82 Å². The Morgan fingerprint density at radius 2 is 2.31 bits per heavy atom. The monoisotopic (exact) mass is 220 g/mol. The molecule has 1 saturated heterocycles. The number of morpholine rings is 1. The van der Waals surface area contributed by atoms with Crippen LogP contribution in [0.2, 0.25) is 0 Å². The third-order valence-electron chi connectivity index (χ3n) is 2.71. The molecule has 0 spiro atoms. The van der Waals surface area contributed by atoms with E-state index in [0.29, 0.717) is 18.8 Å². The minimum atomic E-state index is -0.368. The van der Waals surface area contributed by atoms with Gasteiger partial charge in [-0.2, -0.15) is 5.26 Å². The van der Waals surface area contributed by atoms with E-state index >= 15 is 0 Å². The number of hydrogen-bond donors (Lipinski definition) is 0. The molecule has 0 aliphatic carbocycles. The predicted octanol–water partition coefficient (Wildman–Crippen LogP) is 1.92. The lowest BCUT2D eigenvalue weighted by atomic mass is 10.1. The van der Waals surface area contributed by atoms with E-state index in [1.165, 1.54) is 12.1 Å². The molecule has 1 unspecified atom stereocenters. The van der Waals surface area contributed by atoms with Crippen LogP contribution < -0.4 is 4.90 Å². The van der Waals surface area contributed by atoms with Gasteiger partial charge in [-0.05, 0) is 25.1 Å². The second-order valence-corrected chi connectivity index (χ2v) is 3.93. The number of nitriles is 1. The van der Waals surface area contributed by atoms with E-state index in [-0.39, 0.29) is 11.9 Å². The maximum absolute atomic E-state index is 13.3. The standard InChI is InChI=1S/C12H13FN2O/c1-9-8-16-3-2-15(9)12-5-10(7-14)4-11(13)6-12/h4-6,9H,2-3,8H2,1H3. The highest BCUT2D eigenvalue weighted by Crippen LogP contribution is 2.22. The summed E-state index contributed by atoms with van der Waals surface area (Å²) in [6.45, 7) is 4.03. The van der Waals surface area contributed by atoms with Crippen molar-refractivity contribution in [2.45, 2.75) is 13.0 Å². The molecule has 1 aliphatic rings. The maximum atomic E-state index is 13.3. The largest absolute Gasteiger partial charge is 0.377 e. The molecule has 0 bridgehead atoms. The summed E-state index contributed by atoms with van der Waals surface area (Å²) in [6, 6.07) is 6.59. The maximum Gasteiger partial charge on any atom is 0.126 e. The average Bonchev–Trinajstić information content (AvgIpc) is 2.28. The van der Waals surface area contributed by atoms with Crippen LogP contribution in [0.15, 0.2) is 18.2 Å². The molecule has 0 saturated carbocycles. The molecule has 1 fully saturated rings. The van der Waals surface area contributed by atoms with Crippen LogP contribution >= 0.6 is 0 Å². The van der Waals surface area contributed by atoms with Gasteiger partial charge in [0, 0.05) is 18.3 Å². The van der Waals surface area contributed by atoms with E-state index in [4.69, 9.17) is 10.00 Å². The molecule has 0 N–H and O–H groups in total. The molecule has 1 heterocycles. The van der Waals surface area contributed by atoms with Crippen LogP contribution in [0.5, 0.6) is 0 Å². The summed E-state index contributed by atoms with van der Waals surface area (Å²) in [6.07, 6.45) is 0. The number of rotatable bonds is 1. The summed E-state index contributed by atoms with van der Waals surface area (Å²) in [4.78, 5) is 2.06. The summed E-state index contributed by atoms with van der Waals surface area (Å²) in [7, 11) is 0. The number of halogens is 1. The van der Waals surface area contributed by atoms with E-state index in [1.54, 1.807) is 6.07 Å². The Morgan fingerprint density at radius 3 is 3.00 bits per heavy atom. The normalized spacial score (nSPS) is 20.6. The summed E-state index contributed by atoms with van der Waals surface area (Å²) >= 11 is 0. The smallest absolute Gasteiger partial charge is 0.126 e. The van der Waals surface area contributed by atoms with Gasteiger partial charge in [-0.3, -0.25) is 0 Å². The zero-order valence-electron chi connectivity index (χ0n) is 9.11. The summed E-state index contributed by atoms with van der Waals surface area (Å²) < 4.78 is 18.6. The van der Waals surface area contributed by atoms with Gasteiger partial charge in [0.05, 0.1) is 24.8 Å². The highest BCUT2D eigenvalue weighted by Gasteiger charge is 2.19. The Labute approximate surface area is 94.0 Å². The van der Waals surface area contributed by atoms with Crippen molar-refractivity contribution in [3.63, 3.8) is 0 Å². The van der Waals surface area contributed by atoms with Crippen molar-refractivity contribution in [1.29, 1.82) is 5.26 Å². The Balaban J connectivity index is 2.32. The van der Waals surface area contributed by atoms with E-state index in [1.807, 2.05) is 13.0 Å². The molecular weight excluding hydrogens is 207 g/mol. The Bertz CT molecular complexity index is 428. The number of hydrogen-bond acceptors (Lipinski definition) is 3. The zero-order valence-corrected chi connectivity index (χ0v) is 9.11. The fourth-order valence-corrected chi connectivity index (χ4v) is 1.92. The van der Waals surface area contributed by atoms with Crippen LogP contribution in [-0.4, -0.2) is 25.8 Å². The average molecular weight is 220 g/mol. The number of ether oxygens (including phenoxy) is 1. The number of benzene rings is 1. The van der Waals surface area contributed by atoms with E-state index in [9.17, 15) is 4.39 Å². The van der Waals surface area contributed by atoms with E-state index in [2.05, 4.69) is 4.90 Å². The number of anilines is 1. The molecule has 1 aliphatic heterocycles. The van der Waals surface area contributed by atoms with Crippen LogP contribution in [0.1, 0.15) is 12.5 Å². The lowest BCUT2D eigenvalue weighted by molar-refractivity contribution is 0.0989. The van der Waals surface area contributed by atoms with Gasteiger partial charge in [0.25, 0.3) is 0 Å². The lowest BCUT2D eigenvalue weighted by Gasteiger charge is -2.35. The first kappa shape index (κ1) is 10.9. The van der Waals surface area contributed by atoms with Crippen LogP contribution in [0.25, 0.3) is 0 Å². The molecule has 84 valence electrons. The summed E-state index contributed by atoms with van der Waals surface area (Å²) in [5, 5.41) is 8.79. The van der Waals surface area contributed by atoms with Gasteiger partial charge < -0.3 is 9.64 Å². The van der Waals surface area contributed by atoms with Crippen molar-refractivity contribution >= 4 is 5.69 Å². The third-order valence-corrected chi connectivity index (χ3v) is 2.71. The van der Waals surface area contributed by atoms with E-state index in [0.717, 1.165) is 12.2 Å². The second kappa shape index (κ2) is 4.50. The lowest BCUT2D eigenvalue weighted by Crippen LogP contribution is -2.43. The molecule has 3 nitrogen and oxygen atoms in total. The molecule has 1 aromatic rings. The van der Waals surface area contributed by atoms with Crippen molar-refractivity contribution in [3.8, 4) is 6.07 Å². The zero-order chi connectivity index (χ0) is 11.5. The van der Waals surface area contributed by atoms with Crippen molar-refractivity contribution in [3.05, 3.63) is 29.6 Å². The fourth-order valence-electron chi connectivity index (χ4n) is 1.92. The Hall–Kier alpha value is -1.60. The molecule has 1 aromatic carbocycles. The summed E-state index contributed by atoms with van der Waals surface area (Å²) in [5.74, 6) is -0.368. The first-order valence-corrected chi connectivity index (χ1v) is 5.26. The van der Waals surface area contributed by atoms with Gasteiger partial charge in [0.2, 0.25) is 0 Å². The molecule has 2 rings (SSSR count). The highest BCUT2D eigenvalue weighted by atomic mass is 19.1. The van der Waals surface area contributed by atoms with Crippen molar-refractivity contribution in [2.75, 3.05) is 24.7 Å². The van der Waals surface area contributed by atoms with Gasteiger partial charge in [-0.25, -0.2) is 4.39 Å². The highest BCUT2D eigenvalue weighted by molar-refractivity contribution is 5.52. The van der Waals surface area contributed by atoms with Crippen molar-refractivity contribution in [1.82, 2.24) is 0 Å². The minimum absolute atomic E-state index is 0.210. The van der Waals surface area contributed by atoms with Gasteiger partial charge in [-0.15, -0.1) is 0 Å². The predicted molar refractivity (Wildman–Crippen MR) is 58.7 cm³/mol. The molecule has 4 heteroatoms. The Kier molecular flexibility index (Phi) is 3.07. The number of nitrogens with zero attached hydrogens (tertiary/aromatic N) is 2. The fraction of sp³-hybridized carbons (Fsp3) is 0.417. The van der Waals surface area contributed by atoms with Crippen LogP contribution in [-0.2, 0) is 4.74 Å². The summed E-state index contributed by atoms with van der Waals surface area (Å²) in [5.41, 5.74) is 1.11. The van der Waals surface area contributed by atoms with E-state index < -0.39 is 0 Å². The molecule has 1 atom stereocenters. The quantitative estimate of drug-likeness (QED) is 0.725. The second-order valence-electron chi connectivity index (χ2n) is 3.93. The van der Waals surface area contributed by atoms with Crippen molar-refractivity contribution < 1.29 is 9.13 Å².